The molecule has 1 aliphatic rings. The van der Waals surface area contributed by atoms with Gasteiger partial charge in [-0.3, -0.25) is 9.59 Å². The molecule has 26 heavy (non-hydrogen) atoms. The first-order valence-electron chi connectivity index (χ1n) is 8.15. The minimum absolute atomic E-state index is 0.00661. The van der Waals surface area contributed by atoms with Crippen LogP contribution in [0.25, 0.3) is 0 Å². The molecular weight excluding hydrogens is 400 g/mol. The number of aromatic carboxylic acids is 1. The van der Waals surface area contributed by atoms with Gasteiger partial charge in [0.2, 0.25) is 5.91 Å². The second kappa shape index (κ2) is 7.70. The Labute approximate surface area is 158 Å². The van der Waals surface area contributed by atoms with E-state index >= 15 is 0 Å². The maximum absolute atomic E-state index is 12.4. The summed E-state index contributed by atoms with van der Waals surface area (Å²) in [6.07, 6.45) is 1.92. The average molecular weight is 417 g/mol. The Morgan fingerprint density at radius 2 is 1.77 bits per heavy atom. The van der Waals surface area contributed by atoms with Crippen LogP contribution in [0.3, 0.4) is 0 Å². The monoisotopic (exact) mass is 416 g/mol. The van der Waals surface area contributed by atoms with Gasteiger partial charge in [-0.05, 0) is 48.7 Å². The largest absolute Gasteiger partial charge is 0.478 e. The van der Waals surface area contributed by atoms with Crippen molar-refractivity contribution in [3.05, 3.63) is 63.6 Å². The predicted molar refractivity (Wildman–Crippen MR) is 100 cm³/mol. The standard InChI is InChI=1S/C19H17BrN2O4/c20-14-7-8-16(15(9-14)19(25)26)22-18(24)13-3-1-11(2-4-13)10-21-17(23)12-5-6-12/h1-4,7-9,12H,5-6,10H2,(H,21,23)(H,22,24)(H,25,26). The first-order valence-corrected chi connectivity index (χ1v) is 8.94. The molecule has 0 aliphatic heterocycles. The number of carbonyl (C=O) groups is 3. The number of carboxylic acid groups (broad SMARTS) is 1. The van der Waals surface area contributed by atoms with Gasteiger partial charge in [0.1, 0.15) is 0 Å². The zero-order valence-electron chi connectivity index (χ0n) is 13.8. The number of nitrogens with one attached hydrogen (secondary N) is 2. The number of halogens is 1. The molecule has 0 saturated heterocycles. The third-order valence-corrected chi connectivity index (χ3v) is 4.58. The van der Waals surface area contributed by atoms with Crippen molar-refractivity contribution in [3.63, 3.8) is 0 Å². The summed E-state index contributed by atoms with van der Waals surface area (Å²) in [6, 6.07) is 11.5. The normalized spacial score (nSPS) is 13.1. The minimum atomic E-state index is -1.12. The van der Waals surface area contributed by atoms with E-state index < -0.39 is 11.9 Å². The lowest BCUT2D eigenvalue weighted by molar-refractivity contribution is -0.122. The van der Waals surface area contributed by atoms with Crippen LogP contribution in [0.4, 0.5) is 5.69 Å². The van der Waals surface area contributed by atoms with Crippen molar-refractivity contribution in [1.29, 1.82) is 0 Å². The zero-order chi connectivity index (χ0) is 18.7. The third kappa shape index (κ3) is 4.49. The number of benzene rings is 2. The maximum Gasteiger partial charge on any atom is 0.337 e. The molecule has 0 heterocycles. The zero-order valence-corrected chi connectivity index (χ0v) is 15.4. The van der Waals surface area contributed by atoms with E-state index in [0.717, 1.165) is 18.4 Å². The van der Waals surface area contributed by atoms with Crippen LogP contribution in [0.5, 0.6) is 0 Å². The summed E-state index contributed by atoms with van der Waals surface area (Å²) in [6.45, 7) is 0.424. The first kappa shape index (κ1) is 18.1. The second-order valence-electron chi connectivity index (χ2n) is 6.14. The molecule has 7 heteroatoms. The van der Waals surface area contributed by atoms with Crippen molar-refractivity contribution < 1.29 is 19.5 Å². The summed E-state index contributed by atoms with van der Waals surface area (Å²) in [4.78, 5) is 35.3. The Hall–Kier alpha value is -2.67. The molecular formula is C19H17BrN2O4. The summed E-state index contributed by atoms with van der Waals surface area (Å²) in [5.41, 5.74) is 1.53. The lowest BCUT2D eigenvalue weighted by atomic mass is 10.1. The lowest BCUT2D eigenvalue weighted by Crippen LogP contribution is -2.24. The van der Waals surface area contributed by atoms with Gasteiger partial charge in [0.15, 0.2) is 0 Å². The molecule has 134 valence electrons. The van der Waals surface area contributed by atoms with E-state index in [0.29, 0.717) is 16.6 Å². The first-order chi connectivity index (χ1) is 12.4. The van der Waals surface area contributed by atoms with Gasteiger partial charge in [0, 0.05) is 22.5 Å². The Morgan fingerprint density at radius 1 is 1.08 bits per heavy atom. The van der Waals surface area contributed by atoms with Crippen LogP contribution < -0.4 is 10.6 Å². The van der Waals surface area contributed by atoms with E-state index in [1.807, 2.05) is 0 Å². The van der Waals surface area contributed by atoms with Crippen molar-refractivity contribution in [2.24, 2.45) is 5.92 Å². The van der Waals surface area contributed by atoms with Crippen LogP contribution in [0, 0.1) is 5.92 Å². The smallest absolute Gasteiger partial charge is 0.337 e. The molecule has 1 aliphatic carbocycles. The number of rotatable bonds is 6. The highest BCUT2D eigenvalue weighted by Gasteiger charge is 2.29. The summed E-state index contributed by atoms with van der Waals surface area (Å²) in [5.74, 6) is -1.29. The van der Waals surface area contributed by atoms with Gasteiger partial charge in [0.05, 0.1) is 11.3 Å². The Bertz CT molecular complexity index is 860. The SMILES string of the molecule is O=C(Nc1ccc(Br)cc1C(=O)O)c1ccc(CNC(=O)C2CC2)cc1. The van der Waals surface area contributed by atoms with Crippen LogP contribution >= 0.6 is 15.9 Å². The Morgan fingerprint density at radius 3 is 2.38 bits per heavy atom. The third-order valence-electron chi connectivity index (χ3n) is 4.09. The van der Waals surface area contributed by atoms with Crippen molar-refractivity contribution in [1.82, 2.24) is 5.32 Å². The highest BCUT2D eigenvalue weighted by atomic mass is 79.9. The number of carboxylic acids is 1. The predicted octanol–water partition coefficient (Wildman–Crippen LogP) is 3.43. The molecule has 0 aromatic heterocycles. The highest BCUT2D eigenvalue weighted by Crippen LogP contribution is 2.28. The van der Waals surface area contributed by atoms with E-state index in [4.69, 9.17) is 0 Å². The fourth-order valence-electron chi connectivity index (χ4n) is 2.45. The van der Waals surface area contributed by atoms with Crippen LogP contribution in [0.15, 0.2) is 46.9 Å². The fraction of sp³-hybridized carbons (Fsp3) is 0.211. The van der Waals surface area contributed by atoms with Crippen LogP contribution in [-0.4, -0.2) is 22.9 Å². The number of hydrogen-bond donors (Lipinski definition) is 3. The van der Waals surface area contributed by atoms with Gasteiger partial charge in [0.25, 0.3) is 5.91 Å². The molecule has 0 atom stereocenters. The fourth-order valence-corrected chi connectivity index (χ4v) is 2.81. The number of carbonyl (C=O) groups excluding carboxylic acids is 2. The van der Waals surface area contributed by atoms with Gasteiger partial charge < -0.3 is 15.7 Å². The van der Waals surface area contributed by atoms with Gasteiger partial charge in [-0.25, -0.2) is 4.79 Å². The molecule has 0 unspecified atom stereocenters. The molecule has 3 N–H and O–H groups in total. The van der Waals surface area contributed by atoms with Gasteiger partial charge in [-0.15, -0.1) is 0 Å². The molecule has 6 nitrogen and oxygen atoms in total. The maximum atomic E-state index is 12.4. The summed E-state index contributed by atoms with van der Waals surface area (Å²) < 4.78 is 0.616. The average Bonchev–Trinajstić information content (AvgIpc) is 3.46. The lowest BCUT2D eigenvalue weighted by Gasteiger charge is -2.10. The number of amides is 2. The van der Waals surface area contributed by atoms with Crippen LogP contribution in [0.1, 0.15) is 39.1 Å². The second-order valence-corrected chi connectivity index (χ2v) is 7.05. The number of hydrogen-bond acceptors (Lipinski definition) is 3. The van der Waals surface area contributed by atoms with Crippen molar-refractivity contribution in [2.75, 3.05) is 5.32 Å². The van der Waals surface area contributed by atoms with Gasteiger partial charge >= 0.3 is 5.97 Å². The van der Waals surface area contributed by atoms with Crippen LogP contribution in [0.2, 0.25) is 0 Å². The molecule has 0 spiro atoms. The molecule has 0 radical (unpaired) electrons. The van der Waals surface area contributed by atoms with Crippen molar-refractivity contribution >= 4 is 39.4 Å². The topological polar surface area (TPSA) is 95.5 Å². The van der Waals surface area contributed by atoms with Gasteiger partial charge in [-0.2, -0.15) is 0 Å². The van der Waals surface area contributed by atoms with E-state index in [1.54, 1.807) is 30.3 Å². The number of anilines is 1. The molecule has 2 amide bonds. The highest BCUT2D eigenvalue weighted by molar-refractivity contribution is 9.10. The summed E-state index contributed by atoms with van der Waals surface area (Å²) in [5, 5.41) is 14.7. The molecule has 2 aromatic rings. The minimum Gasteiger partial charge on any atom is -0.478 e. The molecule has 0 bridgehead atoms. The van der Waals surface area contributed by atoms with Crippen molar-refractivity contribution in [2.45, 2.75) is 19.4 Å². The summed E-state index contributed by atoms with van der Waals surface area (Å²) in [7, 11) is 0. The van der Waals surface area contributed by atoms with E-state index in [9.17, 15) is 19.5 Å². The van der Waals surface area contributed by atoms with E-state index in [2.05, 4.69) is 26.6 Å². The van der Waals surface area contributed by atoms with E-state index in [1.165, 1.54) is 12.1 Å². The quantitative estimate of drug-likeness (QED) is 0.671. The van der Waals surface area contributed by atoms with Crippen molar-refractivity contribution in [3.8, 4) is 0 Å². The molecule has 1 saturated carbocycles. The molecule has 1 fully saturated rings. The molecule has 2 aromatic carbocycles. The summed E-state index contributed by atoms with van der Waals surface area (Å²) >= 11 is 3.22. The van der Waals surface area contributed by atoms with E-state index in [-0.39, 0.29) is 23.1 Å². The Balaban J connectivity index is 1.64. The van der Waals surface area contributed by atoms with Crippen LogP contribution in [-0.2, 0) is 11.3 Å². The van der Waals surface area contributed by atoms with Gasteiger partial charge in [-0.1, -0.05) is 28.1 Å². The Kier molecular flexibility index (Phi) is 5.37. The molecule has 3 rings (SSSR count).